The molecular weight excluding hydrogens is 392 g/mol. The summed E-state index contributed by atoms with van der Waals surface area (Å²) in [5, 5.41) is 3.66. The highest BCUT2D eigenvalue weighted by Crippen LogP contribution is 2.35. The van der Waals surface area contributed by atoms with E-state index in [9.17, 15) is 22.0 Å². The van der Waals surface area contributed by atoms with E-state index in [4.69, 9.17) is 11.6 Å². The zero-order valence-electron chi connectivity index (χ0n) is 12.4. The summed E-state index contributed by atoms with van der Waals surface area (Å²) >= 11 is 7.45. The number of nitrogens with one attached hydrogen (secondary N) is 1. The van der Waals surface area contributed by atoms with Crippen LogP contribution in [-0.2, 0) is 9.84 Å². The molecule has 25 heavy (non-hydrogen) atoms. The molecule has 0 bridgehead atoms. The SMILES string of the molecule is O=C(Nc1ccc(S(=O)(=O)C(F)F)cc1)c1sc2ccccc2c1Cl. The number of carbonyl (C=O) groups excluding carboxylic acids is 1. The summed E-state index contributed by atoms with van der Waals surface area (Å²) in [6.07, 6.45) is 0. The van der Waals surface area contributed by atoms with Crippen LogP contribution in [-0.4, -0.2) is 20.1 Å². The Morgan fingerprint density at radius 3 is 2.32 bits per heavy atom. The number of sulfone groups is 1. The molecule has 0 saturated carbocycles. The minimum absolute atomic E-state index is 0.270. The Labute approximate surface area is 151 Å². The average Bonchev–Trinajstić information content (AvgIpc) is 2.93. The normalized spacial score (nSPS) is 11.8. The van der Waals surface area contributed by atoms with Gasteiger partial charge in [-0.05, 0) is 30.3 Å². The summed E-state index contributed by atoms with van der Waals surface area (Å²) in [5.74, 6) is -3.96. The average molecular weight is 402 g/mol. The lowest BCUT2D eigenvalue weighted by molar-refractivity contribution is 0.103. The number of rotatable bonds is 4. The summed E-state index contributed by atoms with van der Waals surface area (Å²) in [7, 11) is -4.66. The predicted octanol–water partition coefficient (Wildman–Crippen LogP) is 4.80. The van der Waals surface area contributed by atoms with Crippen LogP contribution in [0.25, 0.3) is 10.1 Å². The third kappa shape index (κ3) is 3.37. The van der Waals surface area contributed by atoms with Crippen molar-refractivity contribution in [1.29, 1.82) is 0 Å². The fraction of sp³-hybridized carbons (Fsp3) is 0.0625. The van der Waals surface area contributed by atoms with E-state index < -0.39 is 26.4 Å². The first-order chi connectivity index (χ1) is 11.8. The van der Waals surface area contributed by atoms with Gasteiger partial charge in [0.1, 0.15) is 4.88 Å². The summed E-state index contributed by atoms with van der Waals surface area (Å²) in [6, 6.07) is 11.8. The number of benzene rings is 2. The molecule has 0 unspecified atom stereocenters. The Morgan fingerprint density at radius 1 is 1.08 bits per heavy atom. The molecule has 0 saturated heterocycles. The Kier molecular flexibility index (Phi) is 4.77. The van der Waals surface area contributed by atoms with E-state index in [1.807, 2.05) is 18.2 Å². The number of hydrogen-bond donors (Lipinski definition) is 1. The molecule has 0 aliphatic heterocycles. The van der Waals surface area contributed by atoms with E-state index in [2.05, 4.69) is 5.32 Å². The van der Waals surface area contributed by atoms with Gasteiger partial charge in [-0.15, -0.1) is 11.3 Å². The summed E-state index contributed by atoms with van der Waals surface area (Å²) < 4.78 is 48.6. The highest BCUT2D eigenvalue weighted by atomic mass is 35.5. The van der Waals surface area contributed by atoms with Crippen molar-refractivity contribution in [3.05, 3.63) is 58.4 Å². The smallest absolute Gasteiger partial charge is 0.321 e. The maximum Gasteiger partial charge on any atom is 0.341 e. The quantitative estimate of drug-likeness (QED) is 0.682. The Morgan fingerprint density at radius 2 is 1.72 bits per heavy atom. The highest BCUT2D eigenvalue weighted by Gasteiger charge is 2.26. The van der Waals surface area contributed by atoms with Crippen LogP contribution in [0.2, 0.25) is 5.02 Å². The third-order valence-electron chi connectivity index (χ3n) is 3.42. The van der Waals surface area contributed by atoms with Gasteiger partial charge in [-0.3, -0.25) is 4.79 Å². The molecule has 1 heterocycles. The minimum Gasteiger partial charge on any atom is -0.321 e. The molecule has 130 valence electrons. The molecule has 2 aromatic carbocycles. The fourth-order valence-corrected chi connectivity index (χ4v) is 4.31. The summed E-state index contributed by atoms with van der Waals surface area (Å²) in [6.45, 7) is 0. The number of amides is 1. The van der Waals surface area contributed by atoms with E-state index in [-0.39, 0.29) is 5.69 Å². The highest BCUT2D eigenvalue weighted by molar-refractivity contribution is 7.91. The van der Waals surface area contributed by atoms with Crippen molar-refractivity contribution in [2.75, 3.05) is 5.32 Å². The Hall–Kier alpha value is -2.03. The fourth-order valence-electron chi connectivity index (χ4n) is 2.18. The lowest BCUT2D eigenvalue weighted by Gasteiger charge is -2.06. The molecule has 9 heteroatoms. The van der Waals surface area contributed by atoms with Gasteiger partial charge in [-0.2, -0.15) is 8.78 Å². The van der Waals surface area contributed by atoms with Gasteiger partial charge in [-0.25, -0.2) is 8.42 Å². The van der Waals surface area contributed by atoms with Crippen LogP contribution in [0.4, 0.5) is 14.5 Å². The van der Waals surface area contributed by atoms with Crippen LogP contribution in [0.15, 0.2) is 53.4 Å². The molecule has 1 aromatic heterocycles. The van der Waals surface area contributed by atoms with Gasteiger partial charge >= 0.3 is 5.76 Å². The third-order valence-corrected chi connectivity index (χ3v) is 6.49. The molecule has 1 N–H and O–H groups in total. The van der Waals surface area contributed by atoms with Crippen molar-refractivity contribution in [2.45, 2.75) is 10.7 Å². The minimum atomic E-state index is -4.66. The van der Waals surface area contributed by atoms with Gasteiger partial charge in [0.25, 0.3) is 5.91 Å². The number of thiophene rings is 1. The van der Waals surface area contributed by atoms with Crippen LogP contribution < -0.4 is 5.32 Å². The van der Waals surface area contributed by atoms with Crippen LogP contribution in [0.1, 0.15) is 9.67 Å². The molecule has 3 aromatic rings. The molecule has 1 amide bonds. The molecule has 0 aliphatic rings. The standard InChI is InChI=1S/C16H10ClF2NO3S2/c17-13-11-3-1-2-4-12(11)24-14(13)15(21)20-9-5-7-10(8-6-9)25(22,23)16(18)19/h1-8,16H,(H,20,21). The second-order valence-electron chi connectivity index (χ2n) is 5.03. The topological polar surface area (TPSA) is 63.2 Å². The van der Waals surface area contributed by atoms with Gasteiger partial charge in [0, 0.05) is 15.8 Å². The Bertz CT molecular complexity index is 1050. The van der Waals surface area contributed by atoms with E-state index in [1.165, 1.54) is 23.5 Å². The first-order valence-electron chi connectivity index (χ1n) is 6.91. The van der Waals surface area contributed by atoms with Crippen molar-refractivity contribution >= 4 is 54.5 Å². The van der Waals surface area contributed by atoms with E-state index >= 15 is 0 Å². The second-order valence-corrected chi connectivity index (χ2v) is 8.37. The van der Waals surface area contributed by atoms with Gasteiger partial charge < -0.3 is 5.32 Å². The molecule has 0 fully saturated rings. The molecule has 0 spiro atoms. The molecule has 4 nitrogen and oxygen atoms in total. The number of hydrogen-bond acceptors (Lipinski definition) is 4. The zero-order chi connectivity index (χ0) is 18.2. The van der Waals surface area contributed by atoms with E-state index in [0.29, 0.717) is 9.90 Å². The first-order valence-corrected chi connectivity index (χ1v) is 9.65. The van der Waals surface area contributed by atoms with Crippen molar-refractivity contribution in [1.82, 2.24) is 0 Å². The van der Waals surface area contributed by atoms with Crippen LogP contribution in [0, 0.1) is 0 Å². The van der Waals surface area contributed by atoms with Crippen molar-refractivity contribution < 1.29 is 22.0 Å². The number of fused-ring (bicyclic) bond motifs is 1. The van der Waals surface area contributed by atoms with E-state index in [1.54, 1.807) is 6.07 Å². The van der Waals surface area contributed by atoms with Gasteiger partial charge in [0.15, 0.2) is 0 Å². The van der Waals surface area contributed by atoms with Gasteiger partial charge in [0.05, 0.1) is 9.92 Å². The van der Waals surface area contributed by atoms with Crippen LogP contribution in [0.3, 0.4) is 0 Å². The van der Waals surface area contributed by atoms with Crippen molar-refractivity contribution in [2.24, 2.45) is 0 Å². The monoisotopic (exact) mass is 401 g/mol. The van der Waals surface area contributed by atoms with Crippen molar-refractivity contribution in [3.63, 3.8) is 0 Å². The van der Waals surface area contributed by atoms with E-state index in [0.717, 1.165) is 22.2 Å². The van der Waals surface area contributed by atoms with Gasteiger partial charge in [-0.1, -0.05) is 29.8 Å². The zero-order valence-corrected chi connectivity index (χ0v) is 14.8. The summed E-state index contributed by atoms with van der Waals surface area (Å²) in [5.41, 5.74) is 0.270. The maximum absolute atomic E-state index is 12.5. The number of carbonyl (C=O) groups is 1. The molecule has 0 aliphatic carbocycles. The number of halogens is 3. The molecular formula is C16H10ClF2NO3S2. The molecule has 0 radical (unpaired) electrons. The number of anilines is 1. The molecule has 0 atom stereocenters. The van der Waals surface area contributed by atoms with Crippen molar-refractivity contribution in [3.8, 4) is 0 Å². The lowest BCUT2D eigenvalue weighted by Crippen LogP contribution is -2.13. The molecule has 3 rings (SSSR count). The largest absolute Gasteiger partial charge is 0.341 e. The maximum atomic E-state index is 12.5. The van der Waals surface area contributed by atoms with Gasteiger partial charge in [0.2, 0.25) is 9.84 Å². The predicted molar refractivity (Wildman–Crippen MR) is 94.4 cm³/mol. The summed E-state index contributed by atoms with van der Waals surface area (Å²) in [4.78, 5) is 12.2. The number of alkyl halides is 2. The first kappa shape index (κ1) is 17.8. The van der Waals surface area contributed by atoms with Crippen LogP contribution in [0.5, 0.6) is 0 Å². The lowest BCUT2D eigenvalue weighted by atomic mass is 10.2. The second kappa shape index (κ2) is 6.70. The van der Waals surface area contributed by atoms with Crippen LogP contribution >= 0.6 is 22.9 Å². The Balaban J connectivity index is 1.84.